The molecular weight excluding hydrogens is 1110 g/mol. The second-order valence-corrected chi connectivity index (χ2v) is 24.9. The first-order valence-electron chi connectivity index (χ1n) is 30.9. The molecule has 4 aliphatic heterocycles. The number of benzene rings is 2. The highest BCUT2D eigenvalue weighted by Gasteiger charge is 2.45. The average molecular weight is 1190 g/mol. The van der Waals surface area contributed by atoms with Crippen molar-refractivity contribution in [1.29, 1.82) is 0 Å². The van der Waals surface area contributed by atoms with Gasteiger partial charge in [-0.3, -0.25) is 29.5 Å². The minimum atomic E-state index is -0.523. The highest BCUT2D eigenvalue weighted by molar-refractivity contribution is 5.87. The zero-order chi connectivity index (χ0) is 60.5. The molecule has 6 aliphatic rings. The molecule has 6 aromatic heterocycles. The molecule has 0 spiro atoms. The molecular formula is C66H78F4N14O3. The molecule has 4 atom stereocenters. The first-order valence-corrected chi connectivity index (χ1v) is 30.9. The number of hydrogen-bond donors (Lipinski definition) is 1. The van der Waals surface area contributed by atoms with Gasteiger partial charge in [0.25, 0.3) is 0 Å². The Labute approximate surface area is 505 Å². The molecule has 4 bridgehead atoms. The summed E-state index contributed by atoms with van der Waals surface area (Å²) in [4.78, 5) is 55.3. The van der Waals surface area contributed by atoms with Crippen LogP contribution >= 0.6 is 0 Å². The number of halogens is 4. The van der Waals surface area contributed by atoms with Crippen molar-refractivity contribution in [3.05, 3.63) is 143 Å². The fourth-order valence-electron chi connectivity index (χ4n) is 14.3. The number of nitrogens with one attached hydrogen (secondary N) is 1. The number of morpholine rings is 2. The van der Waals surface area contributed by atoms with Gasteiger partial charge in [-0.05, 0) is 127 Å². The standard InChI is InChI=1S/C33H39F2N7O.C29H30F2N6O.C4H9NO/c1-20(2)42-21(3)39-32-28(34)10-25(11-30(32)42)27-12-26(36-16-29(27)35)13-31-37-14-22(15-38-31)17-40-18-23-4-5-24(19-40)33(23)41-6-8-43-9-7-41;1-16(2)37-17(3)35-28-24(30)6-21(7-26(28)37)23-8-22(32-12-25(23)31)9-27-33-10-18(11-34-27)13-36-14-19-4-5-20(15-36)29(19)38;1-3-6-4-2-5-1/h10-12,14-16,20,23-24,33H,4-9,13,17-19H2,1-3H3;6-8,10-12,16,19-20H,4-5,9,13-15H2,1-3H3;5H,1-4H2. The molecule has 14 rings (SSSR count). The maximum Gasteiger partial charge on any atom is 0.151 e. The fraction of sp³-hybridized carbons (Fsp3) is 0.500. The number of carbonyl (C=O) groups is 1. The summed E-state index contributed by atoms with van der Waals surface area (Å²) < 4.78 is 74.5. The first-order chi connectivity index (χ1) is 42.1. The van der Waals surface area contributed by atoms with Crippen molar-refractivity contribution in [2.45, 2.75) is 111 Å². The van der Waals surface area contributed by atoms with Crippen molar-refractivity contribution in [3.63, 3.8) is 0 Å². The second-order valence-electron chi connectivity index (χ2n) is 24.9. The van der Waals surface area contributed by atoms with Crippen molar-refractivity contribution in [1.82, 2.24) is 69.0 Å². The van der Waals surface area contributed by atoms with E-state index in [0.29, 0.717) is 86.8 Å². The third kappa shape index (κ3) is 13.4. The number of ether oxygens (including phenoxy) is 2. The summed E-state index contributed by atoms with van der Waals surface area (Å²) in [5.41, 5.74) is 6.64. The Morgan fingerprint density at radius 3 is 1.39 bits per heavy atom. The molecule has 17 nitrogen and oxygen atoms in total. The summed E-state index contributed by atoms with van der Waals surface area (Å²) in [6, 6.07) is 10.5. The van der Waals surface area contributed by atoms with E-state index in [2.05, 4.69) is 59.9 Å². The molecule has 10 heterocycles. The van der Waals surface area contributed by atoms with Crippen LogP contribution in [0.4, 0.5) is 17.6 Å². The summed E-state index contributed by atoms with van der Waals surface area (Å²) in [6.07, 6.45) is 15.1. The molecule has 8 aromatic rings. The van der Waals surface area contributed by atoms with E-state index in [-0.39, 0.29) is 35.0 Å². The Morgan fingerprint density at radius 2 is 0.977 bits per heavy atom. The lowest BCUT2D eigenvalue weighted by molar-refractivity contribution is -0.127. The van der Waals surface area contributed by atoms with E-state index in [0.717, 1.165) is 140 Å². The second kappa shape index (κ2) is 26.4. The van der Waals surface area contributed by atoms with E-state index >= 15 is 8.78 Å². The highest BCUT2D eigenvalue weighted by atomic mass is 19.1. The molecule has 87 heavy (non-hydrogen) atoms. The lowest BCUT2D eigenvalue weighted by Gasteiger charge is -2.45. The van der Waals surface area contributed by atoms with Crippen molar-refractivity contribution in [2.75, 3.05) is 78.8 Å². The largest absolute Gasteiger partial charge is 0.379 e. The molecule has 458 valence electrons. The maximum absolute atomic E-state index is 15.1. The van der Waals surface area contributed by atoms with Crippen LogP contribution in [0.2, 0.25) is 0 Å². The fourth-order valence-corrected chi connectivity index (χ4v) is 14.3. The minimum absolute atomic E-state index is 0.0835. The van der Waals surface area contributed by atoms with Gasteiger partial charge in [-0.2, -0.15) is 0 Å². The van der Waals surface area contributed by atoms with Crippen LogP contribution in [-0.2, 0) is 40.2 Å². The first kappa shape index (κ1) is 60.3. The number of ketones is 1. The molecule has 6 fully saturated rings. The van der Waals surface area contributed by atoms with Crippen molar-refractivity contribution in [2.24, 2.45) is 23.7 Å². The SMILES string of the molecule is C1COCCN1.Cc1nc2c(F)cc(-c3cc(Cc4ncc(CN5CC6CCC(C5)C6=O)cn4)ncc3F)cc2n1C(C)C.Cc1nc2c(F)cc(-c3cc(Cc4ncc(CN5CC6CCC(C5)C6N5CCOCC5)cn4)ncc3F)cc2n1C(C)C. The maximum atomic E-state index is 15.1. The van der Waals surface area contributed by atoms with Crippen LogP contribution < -0.4 is 5.32 Å². The number of pyridine rings is 2. The van der Waals surface area contributed by atoms with Gasteiger partial charge in [0.15, 0.2) is 11.6 Å². The molecule has 0 amide bonds. The van der Waals surface area contributed by atoms with Gasteiger partial charge in [0.2, 0.25) is 0 Å². The molecule has 21 heteroatoms. The van der Waals surface area contributed by atoms with Gasteiger partial charge in [0, 0.05) is 154 Å². The Hall–Kier alpha value is -7.01. The molecule has 2 aliphatic carbocycles. The topological polar surface area (TPSA) is 170 Å². The number of Topliss-reactive ketones (excluding diaryl/α,β-unsaturated/α-hetero) is 1. The van der Waals surface area contributed by atoms with Crippen LogP contribution in [0.3, 0.4) is 0 Å². The number of imidazole rings is 2. The number of likely N-dealkylation sites (tertiary alicyclic amines) is 2. The summed E-state index contributed by atoms with van der Waals surface area (Å²) in [6.45, 7) is 24.8. The number of aromatic nitrogens is 10. The van der Waals surface area contributed by atoms with Gasteiger partial charge < -0.3 is 23.9 Å². The van der Waals surface area contributed by atoms with Crippen molar-refractivity contribution in [3.8, 4) is 22.3 Å². The van der Waals surface area contributed by atoms with E-state index in [4.69, 9.17) is 9.47 Å². The Morgan fingerprint density at radius 1 is 0.540 bits per heavy atom. The van der Waals surface area contributed by atoms with Gasteiger partial charge in [-0.25, -0.2) is 47.5 Å². The quantitative estimate of drug-likeness (QED) is 0.108. The van der Waals surface area contributed by atoms with E-state index in [9.17, 15) is 13.6 Å². The summed E-state index contributed by atoms with van der Waals surface area (Å²) in [5, 5.41) is 3.16. The van der Waals surface area contributed by atoms with Crippen LogP contribution in [0.25, 0.3) is 44.3 Å². The summed E-state index contributed by atoms with van der Waals surface area (Å²) in [7, 11) is 0. The van der Waals surface area contributed by atoms with E-state index in [1.54, 1.807) is 18.2 Å². The van der Waals surface area contributed by atoms with Crippen LogP contribution in [0.1, 0.15) is 111 Å². The van der Waals surface area contributed by atoms with Crippen LogP contribution in [0.15, 0.2) is 73.6 Å². The third-order valence-corrected chi connectivity index (χ3v) is 18.1. The lowest BCUT2D eigenvalue weighted by atomic mass is 9.90. The zero-order valence-electron chi connectivity index (χ0n) is 50.7. The van der Waals surface area contributed by atoms with Gasteiger partial charge in [-0.15, -0.1) is 0 Å². The van der Waals surface area contributed by atoms with Gasteiger partial charge in [-0.1, -0.05) is 0 Å². The Kier molecular flexibility index (Phi) is 18.3. The van der Waals surface area contributed by atoms with Crippen LogP contribution in [-0.4, -0.2) is 154 Å². The molecule has 4 saturated heterocycles. The number of carbonyl (C=O) groups excluding carboxylic acids is 1. The van der Waals surface area contributed by atoms with E-state index in [1.807, 2.05) is 81.5 Å². The van der Waals surface area contributed by atoms with Gasteiger partial charge in [0.1, 0.15) is 51.7 Å². The molecule has 4 unspecified atom stereocenters. The Bertz CT molecular complexity index is 3690. The van der Waals surface area contributed by atoms with Crippen LogP contribution in [0, 0.1) is 60.8 Å². The number of nitrogens with zero attached hydrogens (tertiary/aromatic N) is 13. The van der Waals surface area contributed by atoms with Gasteiger partial charge >= 0.3 is 0 Å². The number of fused-ring (bicyclic) bond motifs is 6. The summed E-state index contributed by atoms with van der Waals surface area (Å²) in [5.74, 6) is 2.88. The zero-order valence-corrected chi connectivity index (χ0v) is 50.7. The molecule has 2 saturated carbocycles. The van der Waals surface area contributed by atoms with E-state index in [1.165, 1.54) is 31.2 Å². The third-order valence-electron chi connectivity index (χ3n) is 18.1. The number of piperidine rings is 2. The van der Waals surface area contributed by atoms with Crippen LogP contribution in [0.5, 0.6) is 0 Å². The normalized spacial score (nSPS) is 21.7. The minimum Gasteiger partial charge on any atom is -0.379 e. The van der Waals surface area contributed by atoms with Crippen molar-refractivity contribution >= 4 is 27.9 Å². The number of hydrogen-bond acceptors (Lipinski definition) is 15. The lowest BCUT2D eigenvalue weighted by Crippen LogP contribution is -2.55. The number of rotatable bonds is 13. The average Bonchev–Trinajstić information content (AvgIpc) is 1.92. The van der Waals surface area contributed by atoms with E-state index < -0.39 is 23.3 Å². The molecule has 1 N–H and O–H groups in total. The van der Waals surface area contributed by atoms with Crippen molar-refractivity contribution < 1.29 is 31.8 Å². The predicted molar refractivity (Wildman–Crippen MR) is 324 cm³/mol. The monoisotopic (exact) mass is 1190 g/mol. The molecule has 2 aromatic carbocycles. The van der Waals surface area contributed by atoms with Gasteiger partial charge in [0.05, 0.1) is 62.7 Å². The summed E-state index contributed by atoms with van der Waals surface area (Å²) >= 11 is 0. The smallest absolute Gasteiger partial charge is 0.151 e. The predicted octanol–water partition coefficient (Wildman–Crippen LogP) is 9.85. The Balaban J connectivity index is 0.000000156. The number of aryl methyl sites for hydroxylation is 2. The molecule has 0 radical (unpaired) electrons. The highest BCUT2D eigenvalue weighted by Crippen LogP contribution is 2.41.